The van der Waals surface area contributed by atoms with Crippen molar-refractivity contribution in [1.82, 2.24) is 0 Å². The second-order valence-corrected chi connectivity index (χ2v) is 5.81. The maximum Gasteiger partial charge on any atom is 0.224 e. The molecular formula is C16H22N2O. The third-order valence-corrected chi connectivity index (χ3v) is 4.28. The van der Waals surface area contributed by atoms with Gasteiger partial charge in [-0.3, -0.25) is 4.79 Å². The van der Waals surface area contributed by atoms with Gasteiger partial charge < -0.3 is 10.6 Å². The lowest BCUT2D eigenvalue weighted by atomic mass is 10.0. The SMILES string of the molecule is O=C(CC1CCCC1)Nc1ccc2c(c1)CCCN2. The molecule has 1 aromatic rings. The number of benzene rings is 1. The molecule has 2 aliphatic rings. The van der Waals surface area contributed by atoms with Crippen LogP contribution < -0.4 is 10.6 Å². The van der Waals surface area contributed by atoms with E-state index in [2.05, 4.69) is 22.8 Å². The van der Waals surface area contributed by atoms with Gasteiger partial charge in [-0.2, -0.15) is 0 Å². The second-order valence-electron chi connectivity index (χ2n) is 5.81. The summed E-state index contributed by atoms with van der Waals surface area (Å²) >= 11 is 0. The zero-order chi connectivity index (χ0) is 13.1. The summed E-state index contributed by atoms with van der Waals surface area (Å²) in [4.78, 5) is 12.0. The van der Waals surface area contributed by atoms with E-state index in [1.54, 1.807) is 0 Å². The van der Waals surface area contributed by atoms with Gasteiger partial charge in [0.05, 0.1) is 0 Å². The van der Waals surface area contributed by atoms with E-state index >= 15 is 0 Å². The molecule has 102 valence electrons. The minimum atomic E-state index is 0.176. The summed E-state index contributed by atoms with van der Waals surface area (Å²) in [5.74, 6) is 0.787. The number of anilines is 2. The van der Waals surface area contributed by atoms with Crippen LogP contribution >= 0.6 is 0 Å². The summed E-state index contributed by atoms with van der Waals surface area (Å²) in [6, 6.07) is 6.21. The van der Waals surface area contributed by atoms with E-state index < -0.39 is 0 Å². The van der Waals surface area contributed by atoms with Gasteiger partial charge in [0.1, 0.15) is 0 Å². The lowest BCUT2D eigenvalue weighted by molar-refractivity contribution is -0.117. The van der Waals surface area contributed by atoms with Crippen molar-refractivity contribution in [2.24, 2.45) is 5.92 Å². The third kappa shape index (κ3) is 3.09. The fourth-order valence-corrected chi connectivity index (χ4v) is 3.24. The highest BCUT2D eigenvalue weighted by Gasteiger charge is 2.18. The number of aryl methyl sites for hydroxylation is 1. The van der Waals surface area contributed by atoms with Crippen LogP contribution in [0.15, 0.2) is 18.2 Å². The molecule has 0 atom stereocenters. The maximum absolute atomic E-state index is 12.0. The molecule has 3 nitrogen and oxygen atoms in total. The molecule has 1 saturated carbocycles. The van der Waals surface area contributed by atoms with Gasteiger partial charge in [0, 0.05) is 24.3 Å². The number of hydrogen-bond donors (Lipinski definition) is 2. The molecule has 3 rings (SSSR count). The first kappa shape index (κ1) is 12.5. The van der Waals surface area contributed by atoms with Crippen molar-refractivity contribution in [3.63, 3.8) is 0 Å². The van der Waals surface area contributed by atoms with Gasteiger partial charge in [-0.15, -0.1) is 0 Å². The monoisotopic (exact) mass is 258 g/mol. The molecule has 1 amide bonds. The zero-order valence-electron chi connectivity index (χ0n) is 11.4. The highest BCUT2D eigenvalue weighted by atomic mass is 16.1. The van der Waals surface area contributed by atoms with Crippen LogP contribution in [0.25, 0.3) is 0 Å². The van der Waals surface area contributed by atoms with Crippen LogP contribution in [0.5, 0.6) is 0 Å². The number of nitrogens with one attached hydrogen (secondary N) is 2. The second kappa shape index (κ2) is 5.64. The van der Waals surface area contributed by atoms with Crippen molar-refractivity contribution in [3.05, 3.63) is 23.8 Å². The summed E-state index contributed by atoms with van der Waals surface area (Å²) < 4.78 is 0. The Morgan fingerprint density at radius 2 is 2.11 bits per heavy atom. The molecule has 0 bridgehead atoms. The summed E-state index contributed by atoms with van der Waals surface area (Å²) in [5.41, 5.74) is 3.50. The van der Waals surface area contributed by atoms with Crippen molar-refractivity contribution in [2.75, 3.05) is 17.2 Å². The van der Waals surface area contributed by atoms with E-state index in [1.165, 1.54) is 43.4 Å². The van der Waals surface area contributed by atoms with Crippen molar-refractivity contribution in [2.45, 2.75) is 44.9 Å². The lowest BCUT2D eigenvalue weighted by Crippen LogP contribution is -2.16. The Morgan fingerprint density at radius 1 is 1.26 bits per heavy atom. The molecule has 1 heterocycles. The number of fused-ring (bicyclic) bond motifs is 1. The Hall–Kier alpha value is -1.51. The third-order valence-electron chi connectivity index (χ3n) is 4.28. The number of carbonyl (C=O) groups excluding carboxylic acids is 1. The van der Waals surface area contributed by atoms with Crippen molar-refractivity contribution in [3.8, 4) is 0 Å². The van der Waals surface area contributed by atoms with E-state index in [9.17, 15) is 4.79 Å². The van der Waals surface area contributed by atoms with Crippen LogP contribution in [-0.2, 0) is 11.2 Å². The molecule has 0 saturated heterocycles. The van der Waals surface area contributed by atoms with E-state index in [-0.39, 0.29) is 5.91 Å². The highest BCUT2D eigenvalue weighted by molar-refractivity contribution is 5.91. The minimum Gasteiger partial charge on any atom is -0.385 e. The average molecular weight is 258 g/mol. The molecule has 19 heavy (non-hydrogen) atoms. The van der Waals surface area contributed by atoms with E-state index in [4.69, 9.17) is 0 Å². The van der Waals surface area contributed by atoms with Gasteiger partial charge in [0.2, 0.25) is 5.91 Å². The van der Waals surface area contributed by atoms with Crippen LogP contribution in [0.2, 0.25) is 0 Å². The van der Waals surface area contributed by atoms with Crippen LogP contribution in [0.1, 0.15) is 44.1 Å². The lowest BCUT2D eigenvalue weighted by Gasteiger charge is -2.19. The fourth-order valence-electron chi connectivity index (χ4n) is 3.24. The number of rotatable bonds is 3. The molecule has 0 radical (unpaired) electrons. The summed E-state index contributed by atoms with van der Waals surface area (Å²) in [6.45, 7) is 1.06. The molecule has 0 unspecified atom stereocenters. The fraction of sp³-hybridized carbons (Fsp3) is 0.562. The minimum absolute atomic E-state index is 0.176. The zero-order valence-corrected chi connectivity index (χ0v) is 11.4. The summed E-state index contributed by atoms with van der Waals surface area (Å²) in [7, 11) is 0. The largest absolute Gasteiger partial charge is 0.385 e. The molecule has 1 aliphatic heterocycles. The first-order chi connectivity index (χ1) is 9.31. The Labute approximate surface area is 114 Å². The van der Waals surface area contributed by atoms with Crippen LogP contribution in [0.4, 0.5) is 11.4 Å². The van der Waals surface area contributed by atoms with E-state index in [1.807, 2.05) is 6.07 Å². The predicted octanol–water partition coefficient (Wildman–Crippen LogP) is 3.56. The van der Waals surface area contributed by atoms with Gasteiger partial charge in [0.25, 0.3) is 0 Å². The van der Waals surface area contributed by atoms with Crippen molar-refractivity contribution >= 4 is 17.3 Å². The van der Waals surface area contributed by atoms with Crippen molar-refractivity contribution < 1.29 is 4.79 Å². The molecule has 0 aromatic heterocycles. The normalized spacial score (nSPS) is 18.7. The van der Waals surface area contributed by atoms with Crippen LogP contribution in [0.3, 0.4) is 0 Å². The first-order valence-electron chi connectivity index (χ1n) is 7.48. The van der Waals surface area contributed by atoms with Crippen LogP contribution in [-0.4, -0.2) is 12.5 Å². The first-order valence-corrected chi connectivity index (χ1v) is 7.48. The average Bonchev–Trinajstić information content (AvgIpc) is 2.91. The van der Waals surface area contributed by atoms with Crippen molar-refractivity contribution in [1.29, 1.82) is 0 Å². The summed E-state index contributed by atoms with van der Waals surface area (Å²) in [5, 5.41) is 6.44. The molecule has 2 N–H and O–H groups in total. The molecular weight excluding hydrogens is 236 g/mol. The summed E-state index contributed by atoms with van der Waals surface area (Å²) in [6.07, 6.45) is 8.00. The molecule has 1 fully saturated rings. The standard InChI is InChI=1S/C16H22N2O/c19-16(10-12-4-1-2-5-12)18-14-7-8-15-13(11-14)6-3-9-17-15/h7-8,11-12,17H,1-6,9-10H2,(H,18,19). The maximum atomic E-state index is 12.0. The number of amides is 1. The molecule has 1 aromatic carbocycles. The Kier molecular flexibility index (Phi) is 3.72. The highest BCUT2D eigenvalue weighted by Crippen LogP contribution is 2.28. The Balaban J connectivity index is 1.61. The van der Waals surface area contributed by atoms with Gasteiger partial charge in [-0.1, -0.05) is 12.8 Å². The molecule has 3 heteroatoms. The van der Waals surface area contributed by atoms with Gasteiger partial charge in [-0.05, 0) is 55.4 Å². The number of carbonyl (C=O) groups is 1. The molecule has 1 aliphatic carbocycles. The quantitative estimate of drug-likeness (QED) is 0.870. The number of hydrogen-bond acceptors (Lipinski definition) is 2. The van der Waals surface area contributed by atoms with Gasteiger partial charge in [-0.25, -0.2) is 0 Å². The Bertz CT molecular complexity index is 464. The van der Waals surface area contributed by atoms with E-state index in [0.29, 0.717) is 12.3 Å². The smallest absolute Gasteiger partial charge is 0.224 e. The van der Waals surface area contributed by atoms with Gasteiger partial charge >= 0.3 is 0 Å². The topological polar surface area (TPSA) is 41.1 Å². The Morgan fingerprint density at radius 3 is 2.95 bits per heavy atom. The molecule has 0 spiro atoms. The van der Waals surface area contributed by atoms with Gasteiger partial charge in [0.15, 0.2) is 0 Å². The predicted molar refractivity (Wildman–Crippen MR) is 78.5 cm³/mol. The van der Waals surface area contributed by atoms with E-state index in [0.717, 1.165) is 18.7 Å². The van der Waals surface area contributed by atoms with Crippen LogP contribution in [0, 0.1) is 5.92 Å².